The number of rotatable bonds is 4. The van der Waals surface area contributed by atoms with E-state index in [0.29, 0.717) is 29.9 Å². The number of fused-ring (bicyclic) bond motifs is 1. The molecule has 0 amide bonds. The van der Waals surface area contributed by atoms with Crippen molar-refractivity contribution < 1.29 is 9.47 Å². The highest BCUT2D eigenvalue weighted by molar-refractivity contribution is 6.33. The molecule has 0 saturated carbocycles. The van der Waals surface area contributed by atoms with Crippen molar-refractivity contribution in [1.82, 2.24) is 0 Å². The van der Waals surface area contributed by atoms with E-state index in [1.165, 1.54) is 0 Å². The first kappa shape index (κ1) is 13.8. The van der Waals surface area contributed by atoms with Crippen LogP contribution >= 0.6 is 23.2 Å². The summed E-state index contributed by atoms with van der Waals surface area (Å²) in [7, 11) is 0. The smallest absolute Gasteiger partial charge is 0.162 e. The van der Waals surface area contributed by atoms with Crippen LogP contribution in [-0.4, -0.2) is 13.2 Å². The van der Waals surface area contributed by atoms with Gasteiger partial charge in [-0.3, -0.25) is 0 Å². The van der Waals surface area contributed by atoms with Gasteiger partial charge in [0.2, 0.25) is 0 Å². The third kappa shape index (κ3) is 3.24. The van der Waals surface area contributed by atoms with Gasteiger partial charge >= 0.3 is 0 Å². The van der Waals surface area contributed by atoms with Crippen LogP contribution in [0.25, 0.3) is 0 Å². The zero-order valence-corrected chi connectivity index (χ0v) is 12.2. The molecule has 0 aromatic heterocycles. The van der Waals surface area contributed by atoms with Crippen LogP contribution in [0.4, 0.5) is 0 Å². The fourth-order valence-corrected chi connectivity index (χ4v) is 2.60. The van der Waals surface area contributed by atoms with Gasteiger partial charge in [0, 0.05) is 11.1 Å². The Hall–Kier alpha value is -0.600. The molecule has 100 valence electrons. The lowest BCUT2D eigenvalue weighted by Crippen LogP contribution is -2.15. The predicted octanol–water partition coefficient (Wildman–Crippen LogP) is 4.83. The van der Waals surface area contributed by atoms with Crippen LogP contribution < -0.4 is 9.47 Å². The van der Waals surface area contributed by atoms with Gasteiger partial charge in [0.25, 0.3) is 0 Å². The van der Waals surface area contributed by atoms with Gasteiger partial charge in [0.1, 0.15) is 13.2 Å². The van der Waals surface area contributed by atoms with E-state index in [9.17, 15) is 0 Å². The predicted molar refractivity (Wildman–Crippen MR) is 75.1 cm³/mol. The monoisotopic (exact) mass is 288 g/mol. The Kier molecular flexibility index (Phi) is 4.63. The molecule has 0 saturated heterocycles. The van der Waals surface area contributed by atoms with E-state index in [1.807, 2.05) is 6.07 Å². The molecule has 0 fully saturated rings. The summed E-state index contributed by atoms with van der Waals surface area (Å²) in [5.74, 6) is 2.10. The summed E-state index contributed by atoms with van der Waals surface area (Å²) in [6.45, 7) is 5.53. The number of halogens is 2. The van der Waals surface area contributed by atoms with Crippen molar-refractivity contribution in [3.63, 3.8) is 0 Å². The molecule has 1 aromatic rings. The van der Waals surface area contributed by atoms with Gasteiger partial charge in [-0.15, -0.1) is 11.6 Å². The third-order valence-corrected chi connectivity index (χ3v) is 3.78. The molecule has 4 heteroatoms. The highest BCUT2D eigenvalue weighted by Crippen LogP contribution is 2.40. The summed E-state index contributed by atoms with van der Waals surface area (Å²) < 4.78 is 11.0. The van der Waals surface area contributed by atoms with Gasteiger partial charge in [0.15, 0.2) is 11.5 Å². The van der Waals surface area contributed by atoms with Gasteiger partial charge in [-0.05, 0) is 30.4 Å². The molecule has 1 unspecified atom stereocenters. The van der Waals surface area contributed by atoms with Crippen molar-refractivity contribution in [1.29, 1.82) is 0 Å². The molecule has 1 aromatic carbocycles. The Morgan fingerprint density at radius 1 is 1.11 bits per heavy atom. The molecule has 2 rings (SSSR count). The Bertz CT molecular complexity index is 419. The van der Waals surface area contributed by atoms with Crippen LogP contribution in [0, 0.1) is 5.92 Å². The van der Waals surface area contributed by atoms with Crippen molar-refractivity contribution in [3.05, 3.63) is 22.7 Å². The van der Waals surface area contributed by atoms with Crippen LogP contribution in [0.5, 0.6) is 11.5 Å². The van der Waals surface area contributed by atoms with Gasteiger partial charge in [-0.1, -0.05) is 25.4 Å². The largest absolute Gasteiger partial charge is 0.486 e. The Morgan fingerprint density at radius 3 is 2.33 bits per heavy atom. The second-order valence-corrected chi connectivity index (χ2v) is 5.89. The van der Waals surface area contributed by atoms with Crippen molar-refractivity contribution in [2.24, 2.45) is 5.92 Å². The molecule has 18 heavy (non-hydrogen) atoms. The van der Waals surface area contributed by atoms with Crippen LogP contribution in [-0.2, 0) is 0 Å². The quantitative estimate of drug-likeness (QED) is 0.739. The second kappa shape index (κ2) is 6.03. The summed E-state index contributed by atoms with van der Waals surface area (Å²) in [4.78, 5) is 0. The molecule has 1 aliphatic rings. The number of benzene rings is 1. The van der Waals surface area contributed by atoms with E-state index in [1.54, 1.807) is 6.07 Å². The van der Waals surface area contributed by atoms with Crippen LogP contribution in [0.1, 0.15) is 37.6 Å². The summed E-state index contributed by atoms with van der Waals surface area (Å²) >= 11 is 12.7. The van der Waals surface area contributed by atoms with Crippen molar-refractivity contribution in [2.75, 3.05) is 13.2 Å². The number of alkyl halides is 1. The number of hydrogen-bond donors (Lipinski definition) is 0. The lowest BCUT2D eigenvalue weighted by atomic mass is 10.0. The maximum absolute atomic E-state index is 6.42. The first-order chi connectivity index (χ1) is 8.58. The van der Waals surface area contributed by atoms with E-state index in [0.717, 1.165) is 24.2 Å². The maximum atomic E-state index is 6.42. The molecular weight excluding hydrogens is 271 g/mol. The van der Waals surface area contributed by atoms with Gasteiger partial charge in [0.05, 0.1) is 5.38 Å². The highest BCUT2D eigenvalue weighted by atomic mass is 35.5. The first-order valence-corrected chi connectivity index (χ1v) is 7.12. The Balaban J connectivity index is 2.17. The number of ether oxygens (including phenoxy) is 2. The molecule has 2 nitrogen and oxygen atoms in total. The molecule has 1 heterocycles. The molecule has 0 aliphatic carbocycles. The molecule has 1 atom stereocenters. The van der Waals surface area contributed by atoms with Crippen LogP contribution in [0.15, 0.2) is 12.1 Å². The average Bonchev–Trinajstić information content (AvgIpc) is 2.35. The van der Waals surface area contributed by atoms with E-state index < -0.39 is 0 Å². The van der Waals surface area contributed by atoms with Crippen LogP contribution in [0.3, 0.4) is 0 Å². The van der Waals surface area contributed by atoms with Crippen LogP contribution in [0.2, 0.25) is 5.02 Å². The SMILES string of the molecule is CC(C)CCC(Cl)c1cc2c(cc1Cl)OCCO2. The maximum Gasteiger partial charge on any atom is 0.162 e. The van der Waals surface area contributed by atoms with E-state index >= 15 is 0 Å². The molecule has 0 N–H and O–H groups in total. The standard InChI is InChI=1S/C14H18Cl2O2/c1-9(2)3-4-11(15)10-7-13-14(8-12(10)16)18-6-5-17-13/h7-9,11H,3-6H2,1-2H3. The van der Waals surface area contributed by atoms with E-state index in [2.05, 4.69) is 13.8 Å². The summed E-state index contributed by atoms with van der Waals surface area (Å²) in [6, 6.07) is 3.71. The van der Waals surface area contributed by atoms with Crippen molar-refractivity contribution in [3.8, 4) is 11.5 Å². The lowest BCUT2D eigenvalue weighted by molar-refractivity contribution is 0.171. The normalized spacial score (nSPS) is 15.8. The fraction of sp³-hybridized carbons (Fsp3) is 0.571. The average molecular weight is 289 g/mol. The van der Waals surface area contributed by atoms with Crippen molar-refractivity contribution in [2.45, 2.75) is 32.1 Å². The van der Waals surface area contributed by atoms with Gasteiger partial charge < -0.3 is 9.47 Å². The summed E-state index contributed by atoms with van der Waals surface area (Å²) in [5, 5.41) is 0.582. The zero-order valence-electron chi connectivity index (χ0n) is 10.7. The third-order valence-electron chi connectivity index (χ3n) is 3.00. The van der Waals surface area contributed by atoms with E-state index in [4.69, 9.17) is 32.7 Å². The zero-order chi connectivity index (χ0) is 13.1. The van der Waals surface area contributed by atoms with E-state index in [-0.39, 0.29) is 5.38 Å². The van der Waals surface area contributed by atoms with Crippen molar-refractivity contribution >= 4 is 23.2 Å². The molecule has 0 bridgehead atoms. The molecule has 0 spiro atoms. The minimum atomic E-state index is -0.0734. The Labute approximate surface area is 118 Å². The van der Waals surface area contributed by atoms with Gasteiger partial charge in [-0.2, -0.15) is 0 Å². The van der Waals surface area contributed by atoms with Gasteiger partial charge in [-0.25, -0.2) is 0 Å². The summed E-state index contributed by atoms with van der Waals surface area (Å²) in [5.41, 5.74) is 0.934. The topological polar surface area (TPSA) is 18.5 Å². The first-order valence-electron chi connectivity index (χ1n) is 6.31. The minimum Gasteiger partial charge on any atom is -0.486 e. The molecule has 1 aliphatic heterocycles. The second-order valence-electron chi connectivity index (χ2n) is 4.96. The molecular formula is C14H18Cl2O2. The highest BCUT2D eigenvalue weighted by Gasteiger charge is 2.19. The fourth-order valence-electron chi connectivity index (χ4n) is 1.95. The minimum absolute atomic E-state index is 0.0734. The Morgan fingerprint density at radius 2 is 1.72 bits per heavy atom. The summed E-state index contributed by atoms with van der Waals surface area (Å²) in [6.07, 6.45) is 2.00. The molecule has 0 radical (unpaired) electrons. The number of hydrogen-bond acceptors (Lipinski definition) is 2. The lowest BCUT2D eigenvalue weighted by Gasteiger charge is -2.21.